The van der Waals surface area contributed by atoms with Crippen LogP contribution in [0.5, 0.6) is 5.75 Å². The minimum Gasteiger partial charge on any atom is -0.496 e. The average Bonchev–Trinajstić information content (AvgIpc) is 3.08. The number of halogens is 1. The van der Waals surface area contributed by atoms with Gasteiger partial charge >= 0.3 is 0 Å². The number of hydrogen-bond donors (Lipinski definition) is 1. The van der Waals surface area contributed by atoms with Gasteiger partial charge < -0.3 is 19.7 Å². The highest BCUT2D eigenvalue weighted by Crippen LogP contribution is 2.19. The zero-order chi connectivity index (χ0) is 16.5. The van der Waals surface area contributed by atoms with Gasteiger partial charge in [-0.3, -0.25) is 4.99 Å². The van der Waals surface area contributed by atoms with Crippen LogP contribution in [0, 0.1) is 0 Å². The Hall–Kier alpha value is -1.02. The molecule has 5 nitrogen and oxygen atoms in total. The monoisotopic (exact) mass is 447 g/mol. The summed E-state index contributed by atoms with van der Waals surface area (Å²) in [6.07, 6.45) is 3.74. The minimum atomic E-state index is 0. The Morgan fingerprint density at radius 3 is 2.88 bits per heavy atom. The molecule has 24 heavy (non-hydrogen) atoms. The second-order valence-corrected chi connectivity index (χ2v) is 5.83. The summed E-state index contributed by atoms with van der Waals surface area (Å²) >= 11 is 0. The molecule has 1 saturated heterocycles. The fourth-order valence-electron chi connectivity index (χ4n) is 2.82. The maximum absolute atomic E-state index is 5.66. The third-order valence-corrected chi connectivity index (χ3v) is 4.03. The van der Waals surface area contributed by atoms with E-state index in [0.717, 1.165) is 49.9 Å². The van der Waals surface area contributed by atoms with Gasteiger partial charge in [0.15, 0.2) is 5.96 Å². The molecule has 0 aromatic heterocycles. The van der Waals surface area contributed by atoms with Crippen molar-refractivity contribution in [1.82, 2.24) is 10.2 Å². The maximum Gasteiger partial charge on any atom is 0.193 e. The van der Waals surface area contributed by atoms with Crippen LogP contribution in [0.3, 0.4) is 0 Å². The molecule has 1 aliphatic rings. The Kier molecular flexibility index (Phi) is 10.1. The molecule has 6 heteroatoms. The molecule has 0 spiro atoms. The molecular weight excluding hydrogens is 417 g/mol. The summed E-state index contributed by atoms with van der Waals surface area (Å²) in [6, 6.07) is 8.10. The largest absolute Gasteiger partial charge is 0.496 e. The summed E-state index contributed by atoms with van der Waals surface area (Å²) < 4.78 is 11.1. The highest BCUT2D eigenvalue weighted by Gasteiger charge is 2.15. The van der Waals surface area contributed by atoms with Crippen molar-refractivity contribution in [3.63, 3.8) is 0 Å². The lowest BCUT2D eigenvalue weighted by atomic mass is 10.2. The van der Waals surface area contributed by atoms with Crippen LogP contribution < -0.4 is 10.1 Å². The zero-order valence-corrected chi connectivity index (χ0v) is 17.3. The van der Waals surface area contributed by atoms with Gasteiger partial charge in [0, 0.05) is 38.9 Å². The maximum atomic E-state index is 5.66. The van der Waals surface area contributed by atoms with Gasteiger partial charge in [-0.25, -0.2) is 0 Å². The van der Waals surface area contributed by atoms with Crippen molar-refractivity contribution in [3.8, 4) is 5.75 Å². The second kappa shape index (κ2) is 11.5. The van der Waals surface area contributed by atoms with Gasteiger partial charge in [-0.2, -0.15) is 0 Å². The third kappa shape index (κ3) is 6.47. The van der Waals surface area contributed by atoms with Gasteiger partial charge in [-0.05, 0) is 32.3 Å². The summed E-state index contributed by atoms with van der Waals surface area (Å²) in [6.45, 7) is 5.41. The molecule has 1 aliphatic heterocycles. The summed E-state index contributed by atoms with van der Waals surface area (Å²) in [5, 5.41) is 3.36. The van der Waals surface area contributed by atoms with Crippen molar-refractivity contribution >= 4 is 29.9 Å². The van der Waals surface area contributed by atoms with Crippen LogP contribution in [0.1, 0.15) is 31.7 Å². The third-order valence-electron chi connectivity index (χ3n) is 4.03. The standard InChI is InChI=1S/C18H29N3O2.HI/c1-4-19-18(20-12-11-16-9-7-13-23-16)21(2)14-15-8-5-6-10-17(15)22-3;/h5-6,8,10,16H,4,7,9,11-14H2,1-3H3,(H,19,20);1H. The molecule has 1 N–H and O–H groups in total. The van der Waals surface area contributed by atoms with Crippen molar-refractivity contribution in [2.75, 3.05) is 33.9 Å². The number of para-hydroxylation sites is 1. The molecule has 1 fully saturated rings. The van der Waals surface area contributed by atoms with Gasteiger partial charge in [0.05, 0.1) is 13.2 Å². The number of methoxy groups -OCH3 is 1. The fourth-order valence-corrected chi connectivity index (χ4v) is 2.82. The van der Waals surface area contributed by atoms with E-state index in [1.807, 2.05) is 18.2 Å². The van der Waals surface area contributed by atoms with Crippen LogP contribution in [-0.4, -0.2) is 50.8 Å². The van der Waals surface area contributed by atoms with E-state index in [-0.39, 0.29) is 24.0 Å². The van der Waals surface area contributed by atoms with Crippen molar-refractivity contribution < 1.29 is 9.47 Å². The number of rotatable bonds is 7. The van der Waals surface area contributed by atoms with Crippen LogP contribution in [0.4, 0.5) is 0 Å². The summed E-state index contributed by atoms with van der Waals surface area (Å²) in [5.74, 6) is 1.84. The molecule has 1 aromatic carbocycles. The number of ether oxygens (including phenoxy) is 2. The first-order valence-corrected chi connectivity index (χ1v) is 8.47. The van der Waals surface area contributed by atoms with E-state index in [9.17, 15) is 0 Å². The van der Waals surface area contributed by atoms with E-state index < -0.39 is 0 Å². The lowest BCUT2D eigenvalue weighted by molar-refractivity contribution is 0.106. The first-order valence-electron chi connectivity index (χ1n) is 8.47. The van der Waals surface area contributed by atoms with Crippen LogP contribution >= 0.6 is 24.0 Å². The molecule has 0 aliphatic carbocycles. The van der Waals surface area contributed by atoms with E-state index in [1.54, 1.807) is 7.11 Å². The Balaban J connectivity index is 0.00000288. The van der Waals surface area contributed by atoms with Crippen LogP contribution in [0.2, 0.25) is 0 Å². The van der Waals surface area contributed by atoms with Gasteiger partial charge in [0.25, 0.3) is 0 Å². The number of benzene rings is 1. The molecule has 1 unspecified atom stereocenters. The first-order chi connectivity index (χ1) is 11.2. The predicted octanol–water partition coefficient (Wildman–Crippen LogP) is 3.28. The normalized spacial score (nSPS) is 17.3. The highest BCUT2D eigenvalue weighted by molar-refractivity contribution is 14.0. The van der Waals surface area contributed by atoms with E-state index >= 15 is 0 Å². The molecule has 2 rings (SSSR count). The highest BCUT2D eigenvalue weighted by atomic mass is 127. The van der Waals surface area contributed by atoms with Gasteiger partial charge in [0.2, 0.25) is 0 Å². The summed E-state index contributed by atoms with van der Waals surface area (Å²) in [4.78, 5) is 6.87. The predicted molar refractivity (Wildman–Crippen MR) is 109 cm³/mol. The van der Waals surface area contributed by atoms with E-state index in [0.29, 0.717) is 6.10 Å². The molecular formula is C18H30IN3O2. The van der Waals surface area contributed by atoms with Crippen molar-refractivity contribution in [1.29, 1.82) is 0 Å². The van der Waals surface area contributed by atoms with Crippen molar-refractivity contribution in [3.05, 3.63) is 29.8 Å². The lowest BCUT2D eigenvalue weighted by Crippen LogP contribution is -2.38. The molecule has 0 bridgehead atoms. The SMILES string of the molecule is CCNC(=NCCC1CCCO1)N(C)Cc1ccccc1OC.I. The number of aliphatic imine (C=N–C) groups is 1. The lowest BCUT2D eigenvalue weighted by Gasteiger charge is -2.23. The Morgan fingerprint density at radius 2 is 2.21 bits per heavy atom. The van der Waals surface area contributed by atoms with E-state index in [2.05, 4.69) is 30.3 Å². The topological polar surface area (TPSA) is 46.1 Å². The molecule has 1 atom stereocenters. The number of nitrogens with one attached hydrogen (secondary N) is 1. The summed E-state index contributed by atoms with van der Waals surface area (Å²) in [7, 11) is 3.76. The van der Waals surface area contributed by atoms with Crippen molar-refractivity contribution in [2.45, 2.75) is 38.8 Å². The summed E-state index contributed by atoms with van der Waals surface area (Å²) in [5.41, 5.74) is 1.15. The molecule has 136 valence electrons. The zero-order valence-electron chi connectivity index (χ0n) is 15.0. The molecule has 0 saturated carbocycles. The molecule has 1 aromatic rings. The number of guanidine groups is 1. The molecule has 0 radical (unpaired) electrons. The quantitative estimate of drug-likeness (QED) is 0.396. The van der Waals surface area contributed by atoms with E-state index in [1.165, 1.54) is 12.8 Å². The Labute approximate surface area is 162 Å². The first kappa shape index (κ1) is 21.0. The average molecular weight is 447 g/mol. The minimum absolute atomic E-state index is 0. The fraction of sp³-hybridized carbons (Fsp3) is 0.611. The van der Waals surface area contributed by atoms with Gasteiger partial charge in [0.1, 0.15) is 5.75 Å². The van der Waals surface area contributed by atoms with E-state index in [4.69, 9.17) is 14.5 Å². The Morgan fingerprint density at radius 1 is 1.42 bits per heavy atom. The molecule has 1 heterocycles. The van der Waals surface area contributed by atoms with Gasteiger partial charge in [-0.1, -0.05) is 18.2 Å². The van der Waals surface area contributed by atoms with Crippen LogP contribution in [-0.2, 0) is 11.3 Å². The number of hydrogen-bond acceptors (Lipinski definition) is 3. The van der Waals surface area contributed by atoms with Crippen LogP contribution in [0.15, 0.2) is 29.3 Å². The number of nitrogens with zero attached hydrogens (tertiary/aromatic N) is 2. The smallest absolute Gasteiger partial charge is 0.193 e. The Bertz CT molecular complexity index is 505. The van der Waals surface area contributed by atoms with Gasteiger partial charge in [-0.15, -0.1) is 24.0 Å². The van der Waals surface area contributed by atoms with Crippen LogP contribution in [0.25, 0.3) is 0 Å². The second-order valence-electron chi connectivity index (χ2n) is 5.83. The molecule has 0 amide bonds. The van der Waals surface area contributed by atoms with Crippen molar-refractivity contribution in [2.24, 2.45) is 4.99 Å².